The maximum absolute atomic E-state index is 5.77. The number of aliphatic imine (C=N–C) groups is 1. The number of ether oxygens (including phenoxy) is 1. The zero-order valence-corrected chi connectivity index (χ0v) is 14.9. The lowest BCUT2D eigenvalue weighted by atomic mass is 10.0. The Labute approximate surface area is 139 Å². The molecular weight excluding hydrogens is 348 g/mol. The zero-order chi connectivity index (χ0) is 14.8. The van der Waals surface area contributed by atoms with Crippen molar-refractivity contribution in [1.82, 2.24) is 5.32 Å². The molecule has 0 spiro atoms. The van der Waals surface area contributed by atoms with Gasteiger partial charge in [-0.15, -0.1) is 0 Å². The van der Waals surface area contributed by atoms with Gasteiger partial charge in [0.15, 0.2) is 5.17 Å². The monoisotopic (exact) mass is 368 g/mol. The molecule has 1 N–H and O–H groups in total. The molecule has 0 bridgehead atoms. The van der Waals surface area contributed by atoms with Gasteiger partial charge >= 0.3 is 0 Å². The molecule has 21 heavy (non-hydrogen) atoms. The Morgan fingerprint density at radius 1 is 1.48 bits per heavy atom. The maximum atomic E-state index is 5.77. The molecule has 0 saturated carbocycles. The van der Waals surface area contributed by atoms with Crippen molar-refractivity contribution in [3.8, 4) is 5.75 Å². The zero-order valence-electron chi connectivity index (χ0n) is 12.5. The predicted molar refractivity (Wildman–Crippen MR) is 93.3 cm³/mol. The van der Waals surface area contributed by atoms with Gasteiger partial charge in [0, 0.05) is 28.3 Å². The number of thioether (sulfide) groups is 1. The van der Waals surface area contributed by atoms with Crippen LogP contribution < -0.4 is 10.1 Å². The van der Waals surface area contributed by atoms with Gasteiger partial charge < -0.3 is 10.1 Å². The van der Waals surface area contributed by atoms with Gasteiger partial charge in [-0.3, -0.25) is 4.99 Å². The molecule has 1 saturated heterocycles. The van der Waals surface area contributed by atoms with Gasteiger partial charge in [-0.25, -0.2) is 0 Å². The Bertz CT molecular complexity index is 559. The van der Waals surface area contributed by atoms with E-state index < -0.39 is 0 Å². The van der Waals surface area contributed by atoms with Crippen LogP contribution in [0.3, 0.4) is 0 Å². The third-order valence-electron chi connectivity index (χ3n) is 4.00. The van der Waals surface area contributed by atoms with E-state index in [1.54, 1.807) is 0 Å². The van der Waals surface area contributed by atoms with Gasteiger partial charge in [-0.05, 0) is 30.0 Å². The standard InChI is InChI=1S/C16H21BrN2OS/c1-10(2)14-4-6-21-16(19-14)18-9-12-8-13(17)7-11-3-5-20-15(11)12/h7-8,10,14H,3-6,9H2,1-2H3,(H,18,19). The number of amidine groups is 1. The molecule has 1 atom stereocenters. The van der Waals surface area contributed by atoms with Crippen LogP contribution in [0.25, 0.3) is 0 Å². The quantitative estimate of drug-likeness (QED) is 0.875. The lowest BCUT2D eigenvalue weighted by molar-refractivity contribution is 0.353. The maximum Gasteiger partial charge on any atom is 0.157 e. The molecule has 2 heterocycles. The van der Waals surface area contributed by atoms with Crippen LogP contribution in [0.5, 0.6) is 5.75 Å². The molecule has 0 aromatic heterocycles. The molecule has 1 aromatic rings. The first kappa shape index (κ1) is 15.2. The molecule has 1 fully saturated rings. The highest BCUT2D eigenvalue weighted by molar-refractivity contribution is 9.10. The average Bonchev–Trinajstić information content (AvgIpc) is 2.93. The summed E-state index contributed by atoms with van der Waals surface area (Å²) in [5, 5.41) is 4.64. The highest BCUT2D eigenvalue weighted by atomic mass is 79.9. The van der Waals surface area contributed by atoms with Crippen LogP contribution in [0.1, 0.15) is 31.4 Å². The summed E-state index contributed by atoms with van der Waals surface area (Å²) in [4.78, 5) is 4.77. The normalized spacial score (nSPS) is 23.0. The van der Waals surface area contributed by atoms with E-state index >= 15 is 0 Å². The van der Waals surface area contributed by atoms with Gasteiger partial charge in [0.1, 0.15) is 5.75 Å². The van der Waals surface area contributed by atoms with E-state index in [1.165, 1.54) is 17.5 Å². The molecule has 114 valence electrons. The molecule has 5 heteroatoms. The van der Waals surface area contributed by atoms with E-state index in [-0.39, 0.29) is 0 Å². The van der Waals surface area contributed by atoms with Crippen molar-refractivity contribution < 1.29 is 4.74 Å². The molecule has 1 aromatic carbocycles. The number of nitrogens with one attached hydrogen (secondary N) is 1. The second-order valence-corrected chi connectivity index (χ2v) is 7.90. The summed E-state index contributed by atoms with van der Waals surface area (Å²) in [6, 6.07) is 4.83. The number of halogens is 1. The molecule has 0 aliphatic carbocycles. The van der Waals surface area contributed by atoms with Crippen LogP contribution in [-0.2, 0) is 13.0 Å². The first-order valence-electron chi connectivity index (χ1n) is 7.51. The van der Waals surface area contributed by atoms with Crippen molar-refractivity contribution >= 4 is 32.9 Å². The number of benzene rings is 1. The van der Waals surface area contributed by atoms with E-state index in [4.69, 9.17) is 9.73 Å². The van der Waals surface area contributed by atoms with Gasteiger partial charge in [-0.1, -0.05) is 41.5 Å². The van der Waals surface area contributed by atoms with Crippen molar-refractivity contribution in [2.75, 3.05) is 12.4 Å². The van der Waals surface area contributed by atoms with Gasteiger partial charge in [0.05, 0.1) is 13.2 Å². The molecule has 0 amide bonds. The topological polar surface area (TPSA) is 33.6 Å². The first-order valence-corrected chi connectivity index (χ1v) is 9.29. The minimum atomic E-state index is 0.550. The van der Waals surface area contributed by atoms with E-state index in [9.17, 15) is 0 Å². The molecule has 2 aliphatic heterocycles. The average molecular weight is 369 g/mol. The van der Waals surface area contributed by atoms with Crippen molar-refractivity contribution in [2.45, 2.75) is 39.3 Å². The van der Waals surface area contributed by atoms with E-state index in [2.05, 4.69) is 47.2 Å². The fourth-order valence-corrected chi connectivity index (χ4v) is 4.28. The molecule has 1 unspecified atom stereocenters. The summed E-state index contributed by atoms with van der Waals surface area (Å²) in [5.74, 6) is 2.85. The number of nitrogens with zero attached hydrogens (tertiary/aromatic N) is 1. The van der Waals surface area contributed by atoms with Crippen LogP contribution in [0, 0.1) is 5.92 Å². The van der Waals surface area contributed by atoms with E-state index in [0.717, 1.165) is 34.2 Å². The molecule has 3 nitrogen and oxygen atoms in total. The summed E-state index contributed by atoms with van der Waals surface area (Å²) < 4.78 is 6.88. The first-order chi connectivity index (χ1) is 10.1. The SMILES string of the molecule is CC(C)C1CCSC(=NCc2cc(Br)cc3c2OCC3)N1. The summed E-state index contributed by atoms with van der Waals surface area (Å²) in [5.41, 5.74) is 2.47. The second kappa shape index (κ2) is 6.61. The van der Waals surface area contributed by atoms with Crippen molar-refractivity contribution in [3.05, 3.63) is 27.7 Å². The fraction of sp³-hybridized carbons (Fsp3) is 0.562. The van der Waals surface area contributed by atoms with Crippen molar-refractivity contribution in [3.63, 3.8) is 0 Å². The Morgan fingerprint density at radius 2 is 2.33 bits per heavy atom. The lowest BCUT2D eigenvalue weighted by Gasteiger charge is -2.28. The number of fused-ring (bicyclic) bond motifs is 1. The highest BCUT2D eigenvalue weighted by Gasteiger charge is 2.21. The summed E-state index contributed by atoms with van der Waals surface area (Å²) in [7, 11) is 0. The van der Waals surface area contributed by atoms with Crippen molar-refractivity contribution in [2.24, 2.45) is 10.9 Å². The largest absolute Gasteiger partial charge is 0.493 e. The van der Waals surface area contributed by atoms with Crippen LogP contribution in [0.15, 0.2) is 21.6 Å². The summed E-state index contributed by atoms with van der Waals surface area (Å²) >= 11 is 5.41. The Kier molecular flexibility index (Phi) is 4.79. The summed E-state index contributed by atoms with van der Waals surface area (Å²) in [6.07, 6.45) is 2.22. The molecule has 0 radical (unpaired) electrons. The minimum Gasteiger partial charge on any atom is -0.493 e. The molecule has 3 rings (SSSR count). The highest BCUT2D eigenvalue weighted by Crippen LogP contribution is 2.33. The number of rotatable bonds is 3. The fourth-order valence-electron chi connectivity index (χ4n) is 2.77. The van der Waals surface area contributed by atoms with Crippen LogP contribution in [-0.4, -0.2) is 23.6 Å². The van der Waals surface area contributed by atoms with E-state index in [1.807, 2.05) is 11.8 Å². The number of hydrogen-bond acceptors (Lipinski definition) is 3. The Hall–Kier alpha value is -0.680. The lowest BCUT2D eigenvalue weighted by Crippen LogP contribution is -2.41. The van der Waals surface area contributed by atoms with Crippen LogP contribution >= 0.6 is 27.7 Å². The predicted octanol–water partition coefficient (Wildman–Crippen LogP) is 3.99. The van der Waals surface area contributed by atoms with Crippen LogP contribution in [0.4, 0.5) is 0 Å². The minimum absolute atomic E-state index is 0.550. The molecular formula is C16H21BrN2OS. The smallest absolute Gasteiger partial charge is 0.157 e. The number of hydrogen-bond donors (Lipinski definition) is 1. The third kappa shape index (κ3) is 3.57. The van der Waals surface area contributed by atoms with Gasteiger partial charge in [-0.2, -0.15) is 0 Å². The second-order valence-electron chi connectivity index (χ2n) is 5.90. The Morgan fingerprint density at radius 3 is 3.14 bits per heavy atom. The third-order valence-corrected chi connectivity index (χ3v) is 5.42. The van der Waals surface area contributed by atoms with Gasteiger partial charge in [0.25, 0.3) is 0 Å². The summed E-state index contributed by atoms with van der Waals surface area (Å²) in [6.45, 7) is 6.00. The van der Waals surface area contributed by atoms with Gasteiger partial charge in [0.2, 0.25) is 0 Å². The van der Waals surface area contributed by atoms with Crippen molar-refractivity contribution in [1.29, 1.82) is 0 Å². The molecule has 2 aliphatic rings. The van der Waals surface area contributed by atoms with E-state index in [0.29, 0.717) is 18.5 Å². The Balaban J connectivity index is 1.74. The van der Waals surface area contributed by atoms with Crippen LogP contribution in [0.2, 0.25) is 0 Å².